The summed E-state index contributed by atoms with van der Waals surface area (Å²) >= 11 is 0. The summed E-state index contributed by atoms with van der Waals surface area (Å²) < 4.78 is 32.7. The van der Waals surface area contributed by atoms with E-state index in [0.717, 1.165) is 18.4 Å². The predicted molar refractivity (Wildman–Crippen MR) is 135 cm³/mol. The van der Waals surface area contributed by atoms with Crippen LogP contribution < -0.4 is 10.1 Å². The van der Waals surface area contributed by atoms with E-state index in [2.05, 4.69) is 17.4 Å². The van der Waals surface area contributed by atoms with Crippen LogP contribution in [0.2, 0.25) is 0 Å². The molecule has 3 aromatic carbocycles. The van der Waals surface area contributed by atoms with Crippen molar-refractivity contribution in [1.82, 2.24) is 9.62 Å². The molecular weight excluding hydrogens is 448 g/mol. The van der Waals surface area contributed by atoms with E-state index in [9.17, 15) is 13.2 Å². The summed E-state index contributed by atoms with van der Waals surface area (Å²) in [5.74, 6) is 0.327. The third kappa shape index (κ3) is 6.46. The van der Waals surface area contributed by atoms with Crippen LogP contribution in [-0.4, -0.2) is 38.8 Å². The third-order valence-electron chi connectivity index (χ3n) is 5.75. The molecule has 0 fully saturated rings. The van der Waals surface area contributed by atoms with Crippen molar-refractivity contribution >= 4 is 15.9 Å². The van der Waals surface area contributed by atoms with Gasteiger partial charge in [0.05, 0.1) is 12.0 Å². The Morgan fingerprint density at radius 3 is 2.35 bits per heavy atom. The first kappa shape index (κ1) is 25.5. The van der Waals surface area contributed by atoms with Crippen LogP contribution in [0, 0.1) is 6.92 Å². The summed E-state index contributed by atoms with van der Waals surface area (Å²) in [6.45, 7) is 3.96. The van der Waals surface area contributed by atoms with E-state index >= 15 is 0 Å². The van der Waals surface area contributed by atoms with E-state index < -0.39 is 10.0 Å². The molecule has 1 N–H and O–H groups in total. The molecule has 0 aliphatic rings. The maximum Gasteiger partial charge on any atom is 0.251 e. The first-order valence-electron chi connectivity index (χ1n) is 11.3. The van der Waals surface area contributed by atoms with Crippen molar-refractivity contribution in [2.24, 2.45) is 0 Å². The van der Waals surface area contributed by atoms with Gasteiger partial charge < -0.3 is 10.1 Å². The van der Waals surface area contributed by atoms with Gasteiger partial charge in [0, 0.05) is 30.8 Å². The van der Waals surface area contributed by atoms with E-state index in [0.29, 0.717) is 16.9 Å². The van der Waals surface area contributed by atoms with Gasteiger partial charge in [0.25, 0.3) is 5.91 Å². The van der Waals surface area contributed by atoms with E-state index in [1.54, 1.807) is 42.5 Å². The number of methoxy groups -OCH3 is 1. The van der Waals surface area contributed by atoms with Crippen LogP contribution in [0.25, 0.3) is 0 Å². The SMILES string of the molecule is COc1ccc(C(=O)NC(C)CCc2ccccc2)cc1CN(C)S(=O)(=O)c1ccc(C)cc1. The van der Waals surface area contributed by atoms with Gasteiger partial charge in [-0.25, -0.2) is 8.42 Å². The molecule has 3 aromatic rings. The summed E-state index contributed by atoms with van der Waals surface area (Å²) in [5.41, 5.74) is 3.29. The van der Waals surface area contributed by atoms with Gasteiger partial charge in [0.2, 0.25) is 10.0 Å². The summed E-state index contributed by atoms with van der Waals surface area (Å²) in [6.07, 6.45) is 1.69. The lowest BCUT2D eigenvalue weighted by molar-refractivity contribution is 0.0938. The Kier molecular flexibility index (Phi) is 8.47. The molecule has 0 saturated carbocycles. The molecule has 0 radical (unpaired) electrons. The minimum atomic E-state index is -3.69. The second-order valence-corrected chi connectivity index (χ2v) is 10.5. The van der Waals surface area contributed by atoms with Gasteiger partial charge in [-0.2, -0.15) is 4.31 Å². The number of aryl methyl sites for hydroxylation is 2. The highest BCUT2D eigenvalue weighted by molar-refractivity contribution is 7.89. The Morgan fingerprint density at radius 1 is 1.03 bits per heavy atom. The molecule has 180 valence electrons. The standard InChI is InChI=1S/C27H32N2O4S/c1-20-10-15-25(16-11-20)34(31,32)29(3)19-24-18-23(14-17-26(24)33-4)27(30)28-21(2)12-13-22-8-6-5-7-9-22/h5-11,14-18,21H,12-13,19H2,1-4H3,(H,28,30). The fourth-order valence-corrected chi connectivity index (χ4v) is 4.81. The molecular formula is C27H32N2O4S. The fourth-order valence-electron chi connectivity index (χ4n) is 3.67. The zero-order valence-electron chi connectivity index (χ0n) is 20.1. The number of hydrogen-bond acceptors (Lipinski definition) is 4. The third-order valence-corrected chi connectivity index (χ3v) is 7.57. The number of sulfonamides is 1. The Bertz CT molecular complexity index is 1210. The van der Waals surface area contributed by atoms with Crippen LogP contribution in [0.15, 0.2) is 77.7 Å². The van der Waals surface area contributed by atoms with E-state index in [1.807, 2.05) is 32.0 Å². The van der Waals surface area contributed by atoms with Crippen molar-refractivity contribution in [3.63, 3.8) is 0 Å². The minimum absolute atomic E-state index is 0.0113. The molecule has 1 amide bonds. The normalized spacial score (nSPS) is 12.4. The molecule has 0 aromatic heterocycles. The van der Waals surface area contributed by atoms with Crippen LogP contribution in [-0.2, 0) is 23.0 Å². The monoisotopic (exact) mass is 480 g/mol. The van der Waals surface area contributed by atoms with E-state index in [4.69, 9.17) is 4.74 Å². The topological polar surface area (TPSA) is 75.7 Å². The molecule has 1 atom stereocenters. The molecule has 6 nitrogen and oxygen atoms in total. The van der Waals surface area contributed by atoms with Crippen LogP contribution in [0.3, 0.4) is 0 Å². The number of amides is 1. The maximum atomic E-state index is 13.0. The van der Waals surface area contributed by atoms with Crippen molar-refractivity contribution in [3.05, 3.63) is 95.1 Å². The number of carbonyl (C=O) groups is 1. The van der Waals surface area contributed by atoms with Crippen LogP contribution in [0.1, 0.15) is 40.4 Å². The van der Waals surface area contributed by atoms with Gasteiger partial charge in [0.1, 0.15) is 5.75 Å². The highest BCUT2D eigenvalue weighted by Crippen LogP contribution is 2.24. The molecule has 0 heterocycles. The molecule has 0 spiro atoms. The Morgan fingerprint density at radius 2 is 1.71 bits per heavy atom. The van der Waals surface area contributed by atoms with Crippen molar-refractivity contribution in [2.75, 3.05) is 14.2 Å². The van der Waals surface area contributed by atoms with Crippen molar-refractivity contribution in [3.8, 4) is 5.75 Å². The fraction of sp³-hybridized carbons (Fsp3) is 0.296. The van der Waals surface area contributed by atoms with Crippen molar-refractivity contribution < 1.29 is 17.9 Å². The highest BCUT2D eigenvalue weighted by atomic mass is 32.2. The zero-order valence-corrected chi connectivity index (χ0v) is 20.9. The quantitative estimate of drug-likeness (QED) is 0.461. The number of carbonyl (C=O) groups excluding carboxylic acids is 1. The molecule has 7 heteroatoms. The molecule has 1 unspecified atom stereocenters. The number of ether oxygens (including phenoxy) is 1. The minimum Gasteiger partial charge on any atom is -0.496 e. The molecule has 34 heavy (non-hydrogen) atoms. The predicted octanol–water partition coefficient (Wildman–Crippen LogP) is 4.58. The Labute approximate surface area is 202 Å². The lowest BCUT2D eigenvalue weighted by Crippen LogP contribution is -2.33. The number of rotatable bonds is 10. The summed E-state index contributed by atoms with van der Waals surface area (Å²) in [4.78, 5) is 13.1. The smallest absolute Gasteiger partial charge is 0.251 e. The summed E-state index contributed by atoms with van der Waals surface area (Å²) in [5, 5.41) is 3.03. The second-order valence-electron chi connectivity index (χ2n) is 8.50. The summed E-state index contributed by atoms with van der Waals surface area (Å²) in [6, 6.07) is 22.0. The molecule has 0 bridgehead atoms. The number of nitrogens with one attached hydrogen (secondary N) is 1. The summed E-state index contributed by atoms with van der Waals surface area (Å²) in [7, 11) is -0.640. The lowest BCUT2D eigenvalue weighted by Gasteiger charge is -2.20. The molecule has 3 rings (SSSR count). The van der Waals surface area contributed by atoms with Gasteiger partial charge in [-0.3, -0.25) is 4.79 Å². The van der Waals surface area contributed by atoms with Gasteiger partial charge in [0.15, 0.2) is 0 Å². The number of benzene rings is 3. The molecule has 0 aliphatic carbocycles. The lowest BCUT2D eigenvalue weighted by atomic mass is 10.1. The first-order chi connectivity index (χ1) is 16.2. The second kappa shape index (κ2) is 11.3. The number of nitrogens with zero attached hydrogens (tertiary/aromatic N) is 1. The maximum absolute atomic E-state index is 13.0. The van der Waals surface area contributed by atoms with Crippen molar-refractivity contribution in [2.45, 2.75) is 44.2 Å². The largest absolute Gasteiger partial charge is 0.496 e. The molecule has 0 saturated heterocycles. The van der Waals surface area contributed by atoms with Gasteiger partial charge in [-0.1, -0.05) is 48.0 Å². The first-order valence-corrected chi connectivity index (χ1v) is 12.7. The van der Waals surface area contributed by atoms with Crippen LogP contribution in [0.5, 0.6) is 5.75 Å². The average Bonchev–Trinajstić information content (AvgIpc) is 2.83. The van der Waals surface area contributed by atoms with Gasteiger partial charge in [-0.05, 0) is 62.6 Å². The molecule has 0 aliphatic heterocycles. The highest BCUT2D eigenvalue weighted by Gasteiger charge is 2.23. The van der Waals surface area contributed by atoms with Crippen LogP contribution >= 0.6 is 0 Å². The van der Waals surface area contributed by atoms with Gasteiger partial charge in [-0.15, -0.1) is 0 Å². The van der Waals surface area contributed by atoms with E-state index in [-0.39, 0.29) is 23.4 Å². The van der Waals surface area contributed by atoms with Crippen molar-refractivity contribution in [1.29, 1.82) is 0 Å². The number of hydrogen-bond donors (Lipinski definition) is 1. The van der Waals surface area contributed by atoms with Gasteiger partial charge >= 0.3 is 0 Å². The zero-order chi connectivity index (χ0) is 24.7. The Hall–Kier alpha value is -3.16. The average molecular weight is 481 g/mol. The van der Waals surface area contributed by atoms with Crippen LogP contribution in [0.4, 0.5) is 0 Å². The Balaban J connectivity index is 1.70. The van der Waals surface area contributed by atoms with E-state index in [1.165, 1.54) is 24.0 Å².